The SMILES string of the molecule is COc1ccc([C@H]2CC(c3ccc(Cl)cc3)=NN2S(=O)(=O)c2ccccc2)cc1. The molecule has 0 saturated heterocycles. The zero-order valence-electron chi connectivity index (χ0n) is 15.7. The minimum absolute atomic E-state index is 0.208. The zero-order chi connectivity index (χ0) is 20.4. The lowest BCUT2D eigenvalue weighted by molar-refractivity contribution is 0.370. The van der Waals surface area contributed by atoms with Crippen molar-refractivity contribution in [2.75, 3.05) is 7.11 Å². The molecule has 0 amide bonds. The first-order valence-electron chi connectivity index (χ1n) is 9.06. The minimum Gasteiger partial charge on any atom is -0.497 e. The molecule has 29 heavy (non-hydrogen) atoms. The number of halogens is 1. The second kappa shape index (κ2) is 7.89. The van der Waals surface area contributed by atoms with E-state index >= 15 is 0 Å². The zero-order valence-corrected chi connectivity index (χ0v) is 17.3. The van der Waals surface area contributed by atoms with Crippen LogP contribution in [0.15, 0.2) is 88.9 Å². The van der Waals surface area contributed by atoms with Gasteiger partial charge in [-0.1, -0.05) is 54.1 Å². The number of methoxy groups -OCH3 is 1. The normalized spacial score (nSPS) is 16.6. The van der Waals surface area contributed by atoms with Gasteiger partial charge >= 0.3 is 0 Å². The van der Waals surface area contributed by atoms with Gasteiger partial charge in [-0.05, 0) is 47.5 Å². The first kappa shape index (κ1) is 19.5. The Balaban J connectivity index is 1.78. The van der Waals surface area contributed by atoms with Crippen molar-refractivity contribution in [2.24, 2.45) is 5.10 Å². The van der Waals surface area contributed by atoms with E-state index in [2.05, 4.69) is 5.10 Å². The van der Waals surface area contributed by atoms with Gasteiger partial charge in [0, 0.05) is 11.4 Å². The lowest BCUT2D eigenvalue weighted by Gasteiger charge is -2.23. The average Bonchev–Trinajstić information content (AvgIpc) is 3.21. The number of hydrogen-bond donors (Lipinski definition) is 0. The molecular formula is C22H19ClN2O3S. The molecule has 0 N–H and O–H groups in total. The molecule has 7 heteroatoms. The summed E-state index contributed by atoms with van der Waals surface area (Å²) < 4.78 is 33.1. The fourth-order valence-electron chi connectivity index (χ4n) is 3.30. The monoisotopic (exact) mass is 426 g/mol. The van der Waals surface area contributed by atoms with Gasteiger partial charge in [0.1, 0.15) is 5.75 Å². The van der Waals surface area contributed by atoms with Gasteiger partial charge in [-0.3, -0.25) is 0 Å². The maximum atomic E-state index is 13.3. The molecule has 0 saturated carbocycles. The van der Waals surface area contributed by atoms with Crippen LogP contribution in [0.4, 0.5) is 0 Å². The molecule has 4 rings (SSSR count). The lowest BCUT2D eigenvalue weighted by Crippen LogP contribution is -2.27. The Hall–Kier alpha value is -2.83. The predicted molar refractivity (Wildman–Crippen MR) is 114 cm³/mol. The number of hydrazone groups is 1. The first-order valence-corrected chi connectivity index (χ1v) is 10.9. The van der Waals surface area contributed by atoms with Gasteiger partial charge in [0.2, 0.25) is 0 Å². The van der Waals surface area contributed by atoms with Crippen molar-refractivity contribution >= 4 is 27.3 Å². The molecule has 0 spiro atoms. The van der Waals surface area contributed by atoms with Gasteiger partial charge in [-0.15, -0.1) is 0 Å². The minimum atomic E-state index is -3.81. The van der Waals surface area contributed by atoms with E-state index in [4.69, 9.17) is 16.3 Å². The molecular weight excluding hydrogens is 408 g/mol. The molecule has 0 aromatic heterocycles. The number of nitrogens with zero attached hydrogens (tertiary/aromatic N) is 2. The molecule has 3 aromatic rings. The highest BCUT2D eigenvalue weighted by molar-refractivity contribution is 7.89. The van der Waals surface area contributed by atoms with Crippen molar-refractivity contribution in [3.63, 3.8) is 0 Å². The van der Waals surface area contributed by atoms with E-state index in [0.717, 1.165) is 11.1 Å². The summed E-state index contributed by atoms with van der Waals surface area (Å²) >= 11 is 5.99. The third kappa shape index (κ3) is 3.86. The van der Waals surface area contributed by atoms with Crippen LogP contribution in [-0.4, -0.2) is 25.7 Å². The summed E-state index contributed by atoms with van der Waals surface area (Å²) in [6.45, 7) is 0. The van der Waals surface area contributed by atoms with Crippen molar-refractivity contribution in [3.8, 4) is 5.75 Å². The van der Waals surface area contributed by atoms with Crippen LogP contribution in [0, 0.1) is 0 Å². The van der Waals surface area contributed by atoms with Gasteiger partial charge in [0.25, 0.3) is 10.0 Å². The summed E-state index contributed by atoms with van der Waals surface area (Å²) in [5.74, 6) is 0.711. The van der Waals surface area contributed by atoms with Gasteiger partial charge in [-0.25, -0.2) is 0 Å². The molecule has 3 aromatic carbocycles. The summed E-state index contributed by atoms with van der Waals surface area (Å²) in [4.78, 5) is 0.208. The highest BCUT2D eigenvalue weighted by Crippen LogP contribution is 2.37. The molecule has 148 valence electrons. The Kier molecular flexibility index (Phi) is 5.30. The second-order valence-corrected chi connectivity index (χ2v) is 8.87. The largest absolute Gasteiger partial charge is 0.497 e. The number of ether oxygens (including phenoxy) is 1. The maximum Gasteiger partial charge on any atom is 0.279 e. The topological polar surface area (TPSA) is 59.0 Å². The number of hydrogen-bond acceptors (Lipinski definition) is 4. The lowest BCUT2D eigenvalue weighted by atomic mass is 9.99. The van der Waals surface area contributed by atoms with Crippen molar-refractivity contribution < 1.29 is 13.2 Å². The fraction of sp³-hybridized carbons (Fsp3) is 0.136. The summed E-state index contributed by atoms with van der Waals surface area (Å²) in [5, 5.41) is 5.14. The van der Waals surface area contributed by atoms with Crippen LogP contribution >= 0.6 is 11.6 Å². The number of rotatable bonds is 5. The summed E-state index contributed by atoms with van der Waals surface area (Å²) in [7, 11) is -2.22. The van der Waals surface area contributed by atoms with Crippen LogP contribution in [0.5, 0.6) is 5.75 Å². The van der Waals surface area contributed by atoms with Crippen molar-refractivity contribution in [3.05, 3.63) is 95.0 Å². The van der Waals surface area contributed by atoms with Crippen LogP contribution in [0.2, 0.25) is 5.02 Å². The van der Waals surface area contributed by atoms with E-state index in [0.29, 0.717) is 22.9 Å². The molecule has 0 fully saturated rings. The highest BCUT2D eigenvalue weighted by Gasteiger charge is 2.37. The summed E-state index contributed by atoms with van der Waals surface area (Å²) in [6, 6.07) is 22.5. The Bertz CT molecular complexity index is 1130. The third-order valence-electron chi connectivity index (χ3n) is 4.84. The molecule has 1 heterocycles. The molecule has 0 radical (unpaired) electrons. The molecule has 0 aliphatic carbocycles. The van der Waals surface area contributed by atoms with Crippen molar-refractivity contribution in [1.29, 1.82) is 0 Å². The molecule has 1 atom stereocenters. The van der Waals surface area contributed by atoms with Crippen LogP contribution in [0.1, 0.15) is 23.6 Å². The highest BCUT2D eigenvalue weighted by atomic mass is 35.5. The van der Waals surface area contributed by atoms with Gasteiger partial charge in [0.15, 0.2) is 0 Å². The average molecular weight is 427 g/mol. The van der Waals surface area contributed by atoms with Crippen molar-refractivity contribution in [1.82, 2.24) is 4.41 Å². The predicted octanol–water partition coefficient (Wildman–Crippen LogP) is 4.89. The van der Waals surface area contributed by atoms with E-state index in [-0.39, 0.29) is 4.90 Å². The summed E-state index contributed by atoms with van der Waals surface area (Å²) in [5.41, 5.74) is 2.39. The molecule has 0 unspecified atom stereocenters. The second-order valence-electron chi connectivity index (χ2n) is 6.64. The van der Waals surface area contributed by atoms with Gasteiger partial charge in [0.05, 0.1) is 23.8 Å². The van der Waals surface area contributed by atoms with E-state index in [1.54, 1.807) is 49.6 Å². The van der Waals surface area contributed by atoms with E-state index in [9.17, 15) is 8.42 Å². The quantitative estimate of drug-likeness (QED) is 0.583. The number of benzene rings is 3. The van der Waals surface area contributed by atoms with Crippen LogP contribution in [-0.2, 0) is 10.0 Å². The van der Waals surface area contributed by atoms with Gasteiger partial charge in [-0.2, -0.15) is 17.9 Å². The number of sulfonamides is 1. The maximum absolute atomic E-state index is 13.3. The van der Waals surface area contributed by atoms with Crippen LogP contribution in [0.3, 0.4) is 0 Å². The van der Waals surface area contributed by atoms with Gasteiger partial charge < -0.3 is 4.74 Å². The third-order valence-corrected chi connectivity index (χ3v) is 6.79. The van der Waals surface area contributed by atoms with E-state index < -0.39 is 16.1 Å². The summed E-state index contributed by atoms with van der Waals surface area (Å²) in [6.07, 6.45) is 0.458. The van der Waals surface area contributed by atoms with Crippen LogP contribution in [0.25, 0.3) is 0 Å². The Morgan fingerprint density at radius 1 is 0.966 bits per heavy atom. The smallest absolute Gasteiger partial charge is 0.279 e. The molecule has 1 aliphatic rings. The molecule has 5 nitrogen and oxygen atoms in total. The molecule has 0 bridgehead atoms. The van der Waals surface area contributed by atoms with E-state index in [1.807, 2.05) is 36.4 Å². The molecule has 1 aliphatic heterocycles. The first-order chi connectivity index (χ1) is 14.0. The Labute approximate surface area is 175 Å². The van der Waals surface area contributed by atoms with Crippen LogP contribution < -0.4 is 4.74 Å². The standard InChI is InChI=1S/C22H19ClN2O3S/c1-28-19-13-9-17(10-14-19)22-15-21(16-7-11-18(23)12-8-16)24-25(22)29(26,27)20-5-3-2-4-6-20/h2-14,22H,15H2,1H3/t22-/m1/s1. The van der Waals surface area contributed by atoms with E-state index in [1.165, 1.54) is 4.41 Å². The Morgan fingerprint density at radius 2 is 1.62 bits per heavy atom. The fourth-order valence-corrected chi connectivity index (χ4v) is 4.88. The Morgan fingerprint density at radius 3 is 2.24 bits per heavy atom. The van der Waals surface area contributed by atoms with Crippen molar-refractivity contribution in [2.45, 2.75) is 17.4 Å².